The van der Waals surface area contributed by atoms with Crippen LogP contribution in [0.15, 0.2) is 12.2 Å². The molecule has 1 aliphatic heterocycles. The van der Waals surface area contributed by atoms with Gasteiger partial charge in [0, 0.05) is 18.5 Å². The Morgan fingerprint density at radius 3 is 2.23 bits per heavy atom. The van der Waals surface area contributed by atoms with Crippen molar-refractivity contribution in [2.75, 3.05) is 6.54 Å². The normalized spacial score (nSPS) is 24.9. The first-order valence-corrected chi connectivity index (χ1v) is 14.3. The molecule has 0 aromatic rings. The van der Waals surface area contributed by atoms with Crippen LogP contribution < -0.4 is 21.7 Å². The Kier molecular flexibility index (Phi) is 9.46. The lowest BCUT2D eigenvalue weighted by Crippen LogP contribution is -2.59. The molecule has 1 saturated heterocycles. The lowest BCUT2D eigenvalue weighted by Gasteiger charge is -2.35. The van der Waals surface area contributed by atoms with E-state index in [1.165, 1.54) is 11.0 Å². The summed E-state index contributed by atoms with van der Waals surface area (Å²) in [7, 11) is 0. The Balaban J connectivity index is 1.82. The molecule has 2 saturated carbocycles. The van der Waals surface area contributed by atoms with Crippen LogP contribution in [0.4, 0.5) is 4.79 Å². The summed E-state index contributed by atoms with van der Waals surface area (Å²) in [6.45, 7) is 11.5. The number of amides is 5. The van der Waals surface area contributed by atoms with Gasteiger partial charge in [0.2, 0.25) is 17.6 Å². The average Bonchev–Trinajstić information content (AvgIpc) is 3.14. The van der Waals surface area contributed by atoms with E-state index in [0.717, 1.165) is 19.3 Å². The quantitative estimate of drug-likeness (QED) is 0.209. The van der Waals surface area contributed by atoms with Crippen LogP contribution in [0.25, 0.3) is 0 Å². The molecule has 3 fully saturated rings. The third kappa shape index (κ3) is 7.28. The fraction of sp³-hybridized carbons (Fsp3) is 0.724. The monoisotopic (exact) mass is 559 g/mol. The number of urea groups is 1. The molecule has 3 rings (SSSR count). The van der Waals surface area contributed by atoms with E-state index in [-0.39, 0.29) is 41.8 Å². The van der Waals surface area contributed by atoms with Gasteiger partial charge in [-0.15, -0.1) is 0 Å². The molecule has 0 radical (unpaired) electrons. The summed E-state index contributed by atoms with van der Waals surface area (Å²) in [4.78, 5) is 78.3. The zero-order valence-corrected chi connectivity index (χ0v) is 24.5. The first kappa shape index (κ1) is 31.3. The van der Waals surface area contributed by atoms with Gasteiger partial charge in [0.15, 0.2) is 5.78 Å². The smallest absolute Gasteiger partial charge is 0.315 e. The number of rotatable bonds is 12. The number of nitrogens with zero attached hydrogens (tertiary/aromatic N) is 1. The second-order valence-electron chi connectivity index (χ2n) is 13.1. The number of carbonyl (C=O) groups excluding carboxylic acids is 6. The lowest BCUT2D eigenvalue weighted by molar-refractivity contribution is -0.144. The van der Waals surface area contributed by atoms with Crippen molar-refractivity contribution in [2.24, 2.45) is 28.9 Å². The van der Waals surface area contributed by atoms with Crippen LogP contribution in [0, 0.1) is 23.2 Å². The largest absolute Gasteiger partial charge is 0.363 e. The van der Waals surface area contributed by atoms with Crippen molar-refractivity contribution < 1.29 is 28.8 Å². The van der Waals surface area contributed by atoms with Crippen molar-refractivity contribution in [3.05, 3.63) is 12.2 Å². The highest BCUT2D eigenvalue weighted by Crippen LogP contribution is 2.65. The molecule has 222 valence electrons. The highest BCUT2D eigenvalue weighted by Gasteiger charge is 2.69. The number of likely N-dealkylation sites (tertiary alicyclic amines) is 1. The highest BCUT2D eigenvalue weighted by atomic mass is 16.2. The van der Waals surface area contributed by atoms with E-state index in [9.17, 15) is 28.8 Å². The molecule has 40 heavy (non-hydrogen) atoms. The third-order valence-electron chi connectivity index (χ3n) is 8.55. The van der Waals surface area contributed by atoms with Crippen molar-refractivity contribution in [1.29, 1.82) is 0 Å². The van der Waals surface area contributed by atoms with Crippen molar-refractivity contribution in [3.8, 4) is 0 Å². The van der Waals surface area contributed by atoms with E-state index in [1.54, 1.807) is 13.0 Å². The molecule has 5 amide bonds. The van der Waals surface area contributed by atoms with E-state index in [4.69, 9.17) is 5.73 Å². The van der Waals surface area contributed by atoms with Gasteiger partial charge in [-0.1, -0.05) is 39.2 Å². The fourth-order valence-corrected chi connectivity index (χ4v) is 6.08. The summed E-state index contributed by atoms with van der Waals surface area (Å²) in [6, 6.07) is -3.51. The minimum Gasteiger partial charge on any atom is -0.363 e. The first-order chi connectivity index (χ1) is 18.6. The Bertz CT molecular complexity index is 1070. The Morgan fingerprint density at radius 1 is 1.05 bits per heavy atom. The fourth-order valence-electron chi connectivity index (χ4n) is 6.08. The summed E-state index contributed by atoms with van der Waals surface area (Å²) >= 11 is 0. The van der Waals surface area contributed by atoms with E-state index in [1.807, 2.05) is 34.6 Å². The van der Waals surface area contributed by atoms with Gasteiger partial charge in [0.1, 0.15) is 12.1 Å². The molecule has 1 unspecified atom stereocenters. The van der Waals surface area contributed by atoms with Crippen LogP contribution in [-0.2, 0) is 24.0 Å². The number of piperidine rings is 1. The van der Waals surface area contributed by atoms with E-state index >= 15 is 0 Å². The number of Topliss-reactive ketones (excluding diaryl/α,β-unsaturated/α-hetero) is 1. The molecule has 2 aliphatic carbocycles. The molecule has 11 heteroatoms. The zero-order valence-electron chi connectivity index (χ0n) is 24.5. The SMILES string of the molecule is CC=CC(=O)CC[C@H](NC(=O)NC(C)(C)C)C(=O)N1C[C@H]2[C@@H]([C@H]1C(=O)NC(CC1CCC1)C(=O)C(N)=O)C2(C)C. The molecule has 0 aromatic carbocycles. The van der Waals surface area contributed by atoms with Crippen LogP contribution >= 0.6 is 0 Å². The van der Waals surface area contributed by atoms with Crippen LogP contribution in [0.2, 0.25) is 0 Å². The summed E-state index contributed by atoms with van der Waals surface area (Å²) in [5.74, 6) is -2.94. The van der Waals surface area contributed by atoms with Gasteiger partial charge in [0.05, 0.1) is 6.04 Å². The van der Waals surface area contributed by atoms with Crippen molar-refractivity contribution >= 4 is 35.3 Å². The van der Waals surface area contributed by atoms with Gasteiger partial charge >= 0.3 is 6.03 Å². The maximum Gasteiger partial charge on any atom is 0.315 e. The summed E-state index contributed by atoms with van der Waals surface area (Å²) in [5, 5.41) is 8.23. The Labute approximate surface area is 236 Å². The number of fused-ring (bicyclic) bond motifs is 1. The predicted molar refractivity (Wildman–Crippen MR) is 149 cm³/mol. The maximum absolute atomic E-state index is 13.9. The third-order valence-corrected chi connectivity index (χ3v) is 8.55. The number of hydrogen-bond donors (Lipinski definition) is 4. The second-order valence-corrected chi connectivity index (χ2v) is 13.1. The highest BCUT2D eigenvalue weighted by molar-refractivity contribution is 6.37. The number of nitrogens with one attached hydrogen (secondary N) is 3. The van der Waals surface area contributed by atoms with Crippen molar-refractivity contribution in [1.82, 2.24) is 20.9 Å². The van der Waals surface area contributed by atoms with Crippen LogP contribution in [0.5, 0.6) is 0 Å². The molecule has 0 spiro atoms. The number of ketones is 2. The topological polar surface area (TPSA) is 168 Å². The molecule has 1 heterocycles. The standard InChI is InChI=1S/C29H45N5O6/c1-7-9-17(35)12-13-19(32-27(40)33-28(2,3)4)26(39)34-15-18-21(29(18,5)6)22(34)25(38)31-20(23(36)24(30)37)14-16-10-8-11-16/h7,9,16,18-22H,8,10-15H2,1-6H3,(H2,30,37)(H,31,38)(H2,32,33,40)/t18-,19-,20?,21-,22-/m0/s1. The van der Waals surface area contributed by atoms with Gasteiger partial charge < -0.3 is 26.6 Å². The number of allylic oxidation sites excluding steroid dienone is 2. The minimum atomic E-state index is -1.10. The van der Waals surface area contributed by atoms with Crippen LogP contribution in [-0.4, -0.2) is 70.4 Å². The molecule has 3 aliphatic rings. The van der Waals surface area contributed by atoms with E-state index in [2.05, 4.69) is 16.0 Å². The number of nitrogens with two attached hydrogens (primary N) is 1. The van der Waals surface area contributed by atoms with Gasteiger partial charge in [-0.25, -0.2) is 4.79 Å². The molecule has 5 atom stereocenters. The Hall–Kier alpha value is -3.24. The van der Waals surface area contributed by atoms with Gasteiger partial charge in [-0.2, -0.15) is 0 Å². The molecule has 0 bridgehead atoms. The summed E-state index contributed by atoms with van der Waals surface area (Å²) in [5.41, 5.74) is 4.54. The van der Waals surface area contributed by atoms with Gasteiger partial charge in [0.25, 0.3) is 5.91 Å². The zero-order chi connectivity index (χ0) is 30.0. The number of primary amides is 1. The molecule has 5 N–H and O–H groups in total. The van der Waals surface area contributed by atoms with E-state index in [0.29, 0.717) is 13.0 Å². The summed E-state index contributed by atoms with van der Waals surface area (Å²) < 4.78 is 0. The molecular formula is C29H45N5O6. The Morgan fingerprint density at radius 2 is 1.70 bits per heavy atom. The minimum absolute atomic E-state index is 0.0379. The number of carbonyl (C=O) groups is 6. The van der Waals surface area contributed by atoms with Crippen LogP contribution in [0.3, 0.4) is 0 Å². The predicted octanol–water partition coefficient (Wildman–Crippen LogP) is 1.59. The number of hydrogen-bond acceptors (Lipinski definition) is 6. The first-order valence-electron chi connectivity index (χ1n) is 14.3. The molecule has 11 nitrogen and oxygen atoms in total. The molecule has 0 aromatic heterocycles. The average molecular weight is 560 g/mol. The van der Waals surface area contributed by atoms with Gasteiger partial charge in [-0.3, -0.25) is 24.0 Å². The maximum atomic E-state index is 13.9. The summed E-state index contributed by atoms with van der Waals surface area (Å²) in [6.07, 6.45) is 6.33. The van der Waals surface area contributed by atoms with E-state index < -0.39 is 53.2 Å². The van der Waals surface area contributed by atoms with Crippen molar-refractivity contribution in [2.45, 2.75) is 104 Å². The lowest BCUT2D eigenvalue weighted by atomic mass is 9.80. The molecular weight excluding hydrogens is 514 g/mol. The second kappa shape index (κ2) is 12.1. The van der Waals surface area contributed by atoms with Gasteiger partial charge in [-0.05, 0) is 69.8 Å². The van der Waals surface area contributed by atoms with Crippen LogP contribution in [0.1, 0.15) is 80.1 Å². The van der Waals surface area contributed by atoms with Crippen molar-refractivity contribution in [3.63, 3.8) is 0 Å².